The lowest BCUT2D eigenvalue weighted by Gasteiger charge is -2.11. The molecule has 0 heterocycles. The van der Waals surface area contributed by atoms with Crippen molar-refractivity contribution in [3.63, 3.8) is 0 Å². The van der Waals surface area contributed by atoms with Crippen molar-refractivity contribution >= 4 is 11.6 Å². The van der Waals surface area contributed by atoms with Gasteiger partial charge in [0, 0.05) is 17.9 Å². The highest BCUT2D eigenvalue weighted by atomic mass is 16.5. The Morgan fingerprint density at radius 1 is 1.09 bits per heavy atom. The Labute approximate surface area is 137 Å². The van der Waals surface area contributed by atoms with E-state index in [9.17, 15) is 4.79 Å². The van der Waals surface area contributed by atoms with E-state index >= 15 is 0 Å². The first-order valence-electron chi connectivity index (χ1n) is 7.80. The fourth-order valence-corrected chi connectivity index (χ4v) is 2.17. The van der Waals surface area contributed by atoms with Gasteiger partial charge in [-0.2, -0.15) is 0 Å². The third-order valence-electron chi connectivity index (χ3n) is 3.65. The van der Waals surface area contributed by atoms with E-state index in [2.05, 4.69) is 5.32 Å². The summed E-state index contributed by atoms with van der Waals surface area (Å²) >= 11 is 0. The van der Waals surface area contributed by atoms with Crippen LogP contribution in [0.2, 0.25) is 0 Å². The number of anilines is 1. The molecule has 23 heavy (non-hydrogen) atoms. The molecule has 0 saturated carbocycles. The molecule has 2 aromatic rings. The maximum absolute atomic E-state index is 12.4. The summed E-state index contributed by atoms with van der Waals surface area (Å²) in [5, 5.41) is 2.95. The third-order valence-corrected chi connectivity index (χ3v) is 3.65. The zero-order valence-electron chi connectivity index (χ0n) is 13.9. The number of carbonyl (C=O) groups excluding carboxylic acids is 1. The van der Waals surface area contributed by atoms with Crippen LogP contribution in [0.1, 0.15) is 28.4 Å². The molecule has 0 unspecified atom stereocenters. The third kappa shape index (κ3) is 4.83. The number of carbonyl (C=O) groups is 1. The van der Waals surface area contributed by atoms with Crippen molar-refractivity contribution in [2.24, 2.45) is 0 Å². The fourth-order valence-electron chi connectivity index (χ4n) is 2.17. The molecule has 0 bridgehead atoms. The van der Waals surface area contributed by atoms with E-state index in [1.807, 2.05) is 51.1 Å². The molecule has 0 radical (unpaired) electrons. The zero-order valence-corrected chi connectivity index (χ0v) is 13.9. The van der Waals surface area contributed by atoms with Gasteiger partial charge in [0.25, 0.3) is 5.91 Å². The Morgan fingerprint density at radius 2 is 1.87 bits per heavy atom. The molecule has 2 rings (SSSR count). The van der Waals surface area contributed by atoms with Crippen molar-refractivity contribution in [3.05, 3.63) is 59.2 Å². The smallest absolute Gasteiger partial charge is 0.255 e. The van der Waals surface area contributed by atoms with Gasteiger partial charge >= 0.3 is 0 Å². The summed E-state index contributed by atoms with van der Waals surface area (Å²) in [5.74, 6) is 0.521. The van der Waals surface area contributed by atoms with E-state index in [1.165, 1.54) is 0 Å². The molecule has 2 aromatic carbocycles. The average molecular weight is 313 g/mol. The van der Waals surface area contributed by atoms with Crippen molar-refractivity contribution in [2.75, 3.05) is 25.1 Å². The van der Waals surface area contributed by atoms with Gasteiger partial charge in [-0.15, -0.1) is 0 Å². The number of hydrogen-bond acceptors (Lipinski definition) is 3. The summed E-state index contributed by atoms with van der Waals surface area (Å²) in [5.41, 5.74) is 3.62. The first-order chi connectivity index (χ1) is 11.1. The second kappa shape index (κ2) is 8.34. The molecule has 4 heteroatoms. The predicted octanol–water partition coefficient (Wildman–Crippen LogP) is 3.97. The molecule has 0 saturated heterocycles. The maximum Gasteiger partial charge on any atom is 0.255 e. The van der Waals surface area contributed by atoms with Gasteiger partial charge in [0.05, 0.1) is 6.61 Å². The van der Waals surface area contributed by atoms with Crippen molar-refractivity contribution in [1.82, 2.24) is 0 Å². The van der Waals surface area contributed by atoms with Crippen LogP contribution in [0, 0.1) is 13.8 Å². The number of amides is 1. The fraction of sp³-hybridized carbons (Fsp3) is 0.316. The minimum absolute atomic E-state index is 0.144. The normalized spacial score (nSPS) is 10.4. The highest BCUT2D eigenvalue weighted by Crippen LogP contribution is 2.20. The summed E-state index contributed by atoms with van der Waals surface area (Å²) in [4.78, 5) is 12.4. The molecule has 1 amide bonds. The largest absolute Gasteiger partial charge is 0.491 e. The van der Waals surface area contributed by atoms with Crippen LogP contribution >= 0.6 is 0 Å². The van der Waals surface area contributed by atoms with Crippen molar-refractivity contribution in [2.45, 2.75) is 20.8 Å². The van der Waals surface area contributed by atoms with E-state index in [1.54, 1.807) is 12.1 Å². The average Bonchev–Trinajstić information content (AvgIpc) is 2.56. The monoisotopic (exact) mass is 313 g/mol. The Kier molecular flexibility index (Phi) is 6.18. The lowest BCUT2D eigenvalue weighted by atomic mass is 10.1. The van der Waals surface area contributed by atoms with E-state index < -0.39 is 0 Å². The minimum Gasteiger partial charge on any atom is -0.491 e. The van der Waals surface area contributed by atoms with Crippen LogP contribution in [0.3, 0.4) is 0 Å². The second-order valence-electron chi connectivity index (χ2n) is 5.27. The standard InChI is InChI=1S/C19H23NO3/c1-4-22-11-12-23-17-9-6-8-16(13-17)19(21)20-18-10-5-7-14(2)15(18)3/h5-10,13H,4,11-12H2,1-3H3,(H,20,21). The Bertz CT molecular complexity index is 667. The van der Waals surface area contributed by atoms with Crippen LogP contribution in [0.15, 0.2) is 42.5 Å². The number of benzene rings is 2. The van der Waals surface area contributed by atoms with Crippen LogP contribution in [-0.4, -0.2) is 25.7 Å². The molecular weight excluding hydrogens is 290 g/mol. The zero-order chi connectivity index (χ0) is 16.7. The number of hydrogen-bond donors (Lipinski definition) is 1. The highest BCUT2D eigenvalue weighted by molar-refractivity contribution is 6.04. The number of aryl methyl sites for hydroxylation is 1. The first-order valence-corrected chi connectivity index (χ1v) is 7.80. The van der Waals surface area contributed by atoms with Gasteiger partial charge in [0.15, 0.2) is 0 Å². The van der Waals surface area contributed by atoms with Gasteiger partial charge in [-0.25, -0.2) is 0 Å². The van der Waals surface area contributed by atoms with E-state index in [0.29, 0.717) is 31.1 Å². The molecule has 0 atom stereocenters. The van der Waals surface area contributed by atoms with Gasteiger partial charge in [0.2, 0.25) is 0 Å². The van der Waals surface area contributed by atoms with Gasteiger partial charge in [0.1, 0.15) is 12.4 Å². The summed E-state index contributed by atoms with van der Waals surface area (Å²) in [6.45, 7) is 7.64. The van der Waals surface area contributed by atoms with Gasteiger partial charge in [-0.1, -0.05) is 18.2 Å². The summed E-state index contributed by atoms with van der Waals surface area (Å²) in [7, 11) is 0. The molecule has 122 valence electrons. The molecule has 0 fully saturated rings. The maximum atomic E-state index is 12.4. The minimum atomic E-state index is -0.144. The molecule has 0 aliphatic carbocycles. The number of nitrogens with one attached hydrogen (secondary N) is 1. The summed E-state index contributed by atoms with van der Waals surface area (Å²) < 4.78 is 10.8. The highest BCUT2D eigenvalue weighted by Gasteiger charge is 2.09. The Morgan fingerprint density at radius 3 is 2.65 bits per heavy atom. The predicted molar refractivity (Wildman–Crippen MR) is 92.3 cm³/mol. The van der Waals surface area contributed by atoms with Gasteiger partial charge < -0.3 is 14.8 Å². The van der Waals surface area contributed by atoms with Crippen LogP contribution in [0.25, 0.3) is 0 Å². The SMILES string of the molecule is CCOCCOc1cccc(C(=O)Nc2cccc(C)c2C)c1. The van der Waals surface area contributed by atoms with Gasteiger partial charge in [-0.05, 0) is 56.2 Å². The molecule has 0 aliphatic heterocycles. The van der Waals surface area contributed by atoms with E-state index in [-0.39, 0.29) is 5.91 Å². The molecule has 4 nitrogen and oxygen atoms in total. The molecule has 0 spiro atoms. The quantitative estimate of drug-likeness (QED) is 0.787. The summed E-state index contributed by atoms with van der Waals surface area (Å²) in [6, 6.07) is 13.0. The molecule has 0 aromatic heterocycles. The van der Waals surface area contributed by atoms with Gasteiger partial charge in [-0.3, -0.25) is 4.79 Å². The van der Waals surface area contributed by atoms with Crippen LogP contribution in [-0.2, 0) is 4.74 Å². The van der Waals surface area contributed by atoms with Crippen LogP contribution < -0.4 is 10.1 Å². The van der Waals surface area contributed by atoms with Crippen LogP contribution in [0.4, 0.5) is 5.69 Å². The van der Waals surface area contributed by atoms with Crippen molar-refractivity contribution in [1.29, 1.82) is 0 Å². The summed E-state index contributed by atoms with van der Waals surface area (Å²) in [6.07, 6.45) is 0. The molecular formula is C19H23NO3. The number of ether oxygens (including phenoxy) is 2. The Balaban J connectivity index is 2.03. The topological polar surface area (TPSA) is 47.6 Å². The lowest BCUT2D eigenvalue weighted by Crippen LogP contribution is -2.13. The van der Waals surface area contributed by atoms with Crippen LogP contribution in [0.5, 0.6) is 5.75 Å². The first kappa shape index (κ1) is 17.0. The molecule has 0 aliphatic rings. The Hall–Kier alpha value is -2.33. The van der Waals surface area contributed by atoms with E-state index in [0.717, 1.165) is 16.8 Å². The van der Waals surface area contributed by atoms with Crippen molar-refractivity contribution < 1.29 is 14.3 Å². The second-order valence-corrected chi connectivity index (χ2v) is 5.27. The molecule has 1 N–H and O–H groups in total. The lowest BCUT2D eigenvalue weighted by molar-refractivity contribution is 0.102. The van der Waals surface area contributed by atoms with E-state index in [4.69, 9.17) is 9.47 Å². The van der Waals surface area contributed by atoms with Crippen molar-refractivity contribution in [3.8, 4) is 5.75 Å². The number of rotatable bonds is 7.